The molecule has 1 aromatic heterocycles. The van der Waals surface area contributed by atoms with Crippen molar-refractivity contribution in [3.05, 3.63) is 46.4 Å². The summed E-state index contributed by atoms with van der Waals surface area (Å²) in [6.45, 7) is 0. The highest BCUT2D eigenvalue weighted by Gasteiger charge is 2.05. The molecule has 0 saturated carbocycles. The van der Waals surface area contributed by atoms with Gasteiger partial charge in [-0.1, -0.05) is 15.9 Å². The van der Waals surface area contributed by atoms with E-state index in [9.17, 15) is 9.18 Å². The Balaban J connectivity index is 2.53. The number of hydrogen-bond donors (Lipinski definition) is 0. The van der Waals surface area contributed by atoms with Crippen LogP contribution in [0.25, 0.3) is 11.4 Å². The van der Waals surface area contributed by atoms with Crippen molar-refractivity contribution < 1.29 is 9.18 Å². The second-order valence-electron chi connectivity index (χ2n) is 3.08. The van der Waals surface area contributed by atoms with E-state index in [4.69, 9.17) is 0 Å². The maximum absolute atomic E-state index is 13.1. The molecule has 0 aliphatic rings. The monoisotopic (exact) mass is 280 g/mol. The molecule has 1 aromatic carbocycles. The van der Waals surface area contributed by atoms with Gasteiger partial charge in [-0.3, -0.25) is 4.79 Å². The number of carbonyl (C=O) groups excluding carboxylic acids is 1. The Morgan fingerprint density at radius 2 is 2.12 bits per heavy atom. The molecule has 16 heavy (non-hydrogen) atoms. The van der Waals surface area contributed by atoms with Crippen LogP contribution in [-0.4, -0.2) is 16.3 Å². The molecule has 0 unspecified atom stereocenters. The van der Waals surface area contributed by atoms with Gasteiger partial charge in [-0.15, -0.1) is 0 Å². The third-order valence-electron chi connectivity index (χ3n) is 1.92. The lowest BCUT2D eigenvalue weighted by Crippen LogP contribution is -1.93. The van der Waals surface area contributed by atoms with Gasteiger partial charge in [0, 0.05) is 16.2 Å². The van der Waals surface area contributed by atoms with Crippen LogP contribution in [-0.2, 0) is 0 Å². The maximum Gasteiger partial charge on any atom is 0.168 e. The van der Waals surface area contributed by atoms with Crippen molar-refractivity contribution in [2.45, 2.75) is 0 Å². The number of nitrogens with zero attached hydrogens (tertiary/aromatic N) is 2. The molecule has 5 heteroatoms. The number of halogens is 2. The molecular formula is C11H6BrFN2O. The van der Waals surface area contributed by atoms with Gasteiger partial charge in [0.2, 0.25) is 0 Å². The summed E-state index contributed by atoms with van der Waals surface area (Å²) >= 11 is 3.18. The Labute approximate surface area is 99.5 Å². The number of aromatic nitrogens is 2. The smallest absolute Gasteiger partial charge is 0.168 e. The number of hydrogen-bond acceptors (Lipinski definition) is 3. The lowest BCUT2D eigenvalue weighted by Gasteiger charge is -2.01. The quantitative estimate of drug-likeness (QED) is 0.795. The molecule has 0 atom stereocenters. The first-order valence-corrected chi connectivity index (χ1v) is 5.23. The summed E-state index contributed by atoms with van der Waals surface area (Å²) in [7, 11) is 0. The molecule has 0 fully saturated rings. The zero-order valence-corrected chi connectivity index (χ0v) is 9.61. The van der Waals surface area contributed by atoms with E-state index in [-0.39, 0.29) is 11.5 Å². The van der Waals surface area contributed by atoms with Crippen LogP contribution in [0.5, 0.6) is 0 Å². The standard InChI is InChI=1S/C11H6BrFN2O/c12-8-3-7(4-9(13)5-8)11-14-2-1-10(6-16)15-11/h1-6H. The zero-order chi connectivity index (χ0) is 11.5. The third-order valence-corrected chi connectivity index (χ3v) is 2.38. The molecule has 0 aliphatic carbocycles. The van der Waals surface area contributed by atoms with Crippen molar-refractivity contribution in [3.8, 4) is 11.4 Å². The molecule has 0 radical (unpaired) electrons. The Morgan fingerprint density at radius 3 is 2.81 bits per heavy atom. The number of aldehydes is 1. The van der Waals surface area contributed by atoms with Gasteiger partial charge in [-0.05, 0) is 24.3 Å². The van der Waals surface area contributed by atoms with E-state index in [2.05, 4.69) is 25.9 Å². The molecule has 0 saturated heterocycles. The van der Waals surface area contributed by atoms with E-state index in [0.29, 0.717) is 22.1 Å². The fourth-order valence-corrected chi connectivity index (χ4v) is 1.73. The predicted octanol–water partition coefficient (Wildman–Crippen LogP) is 2.86. The van der Waals surface area contributed by atoms with Gasteiger partial charge in [0.05, 0.1) is 0 Å². The zero-order valence-electron chi connectivity index (χ0n) is 8.02. The average Bonchev–Trinajstić information content (AvgIpc) is 2.28. The van der Waals surface area contributed by atoms with Crippen LogP contribution in [0, 0.1) is 5.82 Å². The highest BCUT2D eigenvalue weighted by molar-refractivity contribution is 9.10. The van der Waals surface area contributed by atoms with Crippen molar-refractivity contribution in [1.82, 2.24) is 9.97 Å². The van der Waals surface area contributed by atoms with Gasteiger partial charge >= 0.3 is 0 Å². The van der Waals surface area contributed by atoms with Crippen LogP contribution in [0.2, 0.25) is 0 Å². The van der Waals surface area contributed by atoms with E-state index in [0.717, 1.165) is 0 Å². The minimum absolute atomic E-state index is 0.269. The van der Waals surface area contributed by atoms with Gasteiger partial charge in [0.1, 0.15) is 11.5 Å². The van der Waals surface area contributed by atoms with E-state index in [1.165, 1.54) is 24.4 Å². The van der Waals surface area contributed by atoms with E-state index >= 15 is 0 Å². The van der Waals surface area contributed by atoms with Gasteiger partial charge in [-0.2, -0.15) is 0 Å². The molecule has 0 spiro atoms. The van der Waals surface area contributed by atoms with Crippen molar-refractivity contribution in [1.29, 1.82) is 0 Å². The normalized spacial score (nSPS) is 10.1. The van der Waals surface area contributed by atoms with Crippen molar-refractivity contribution in [2.24, 2.45) is 0 Å². The Morgan fingerprint density at radius 1 is 1.31 bits per heavy atom. The van der Waals surface area contributed by atoms with E-state index in [1.807, 2.05) is 0 Å². The second-order valence-corrected chi connectivity index (χ2v) is 4.00. The van der Waals surface area contributed by atoms with Gasteiger partial charge < -0.3 is 0 Å². The summed E-state index contributed by atoms with van der Waals surface area (Å²) in [6.07, 6.45) is 2.09. The summed E-state index contributed by atoms with van der Waals surface area (Å²) in [5, 5.41) is 0. The van der Waals surface area contributed by atoms with Crippen molar-refractivity contribution in [3.63, 3.8) is 0 Å². The molecule has 0 bridgehead atoms. The minimum Gasteiger partial charge on any atom is -0.296 e. The van der Waals surface area contributed by atoms with E-state index in [1.54, 1.807) is 6.07 Å². The lowest BCUT2D eigenvalue weighted by atomic mass is 10.2. The maximum atomic E-state index is 13.1. The Hall–Kier alpha value is -1.62. The van der Waals surface area contributed by atoms with Gasteiger partial charge in [0.25, 0.3) is 0 Å². The van der Waals surface area contributed by atoms with Crippen LogP contribution < -0.4 is 0 Å². The number of rotatable bonds is 2. The molecule has 0 amide bonds. The Kier molecular flexibility index (Phi) is 3.05. The fraction of sp³-hybridized carbons (Fsp3) is 0. The van der Waals surface area contributed by atoms with Crippen molar-refractivity contribution >= 4 is 22.2 Å². The average molecular weight is 281 g/mol. The molecular weight excluding hydrogens is 275 g/mol. The number of benzene rings is 1. The van der Waals surface area contributed by atoms with Crippen LogP contribution >= 0.6 is 15.9 Å². The summed E-state index contributed by atoms with van der Waals surface area (Å²) in [6, 6.07) is 5.83. The fourth-order valence-electron chi connectivity index (χ4n) is 1.26. The summed E-state index contributed by atoms with van der Waals surface area (Å²) in [5.41, 5.74) is 0.793. The minimum atomic E-state index is -0.385. The summed E-state index contributed by atoms with van der Waals surface area (Å²) in [4.78, 5) is 18.5. The molecule has 2 aromatic rings. The van der Waals surface area contributed by atoms with Crippen LogP contribution in [0.4, 0.5) is 4.39 Å². The summed E-state index contributed by atoms with van der Waals surface area (Å²) < 4.78 is 13.7. The predicted molar refractivity (Wildman–Crippen MR) is 60.5 cm³/mol. The highest BCUT2D eigenvalue weighted by atomic mass is 79.9. The second kappa shape index (κ2) is 4.49. The first-order valence-electron chi connectivity index (χ1n) is 4.44. The van der Waals surface area contributed by atoms with Crippen LogP contribution in [0.1, 0.15) is 10.5 Å². The lowest BCUT2D eigenvalue weighted by molar-refractivity contribution is 0.111. The molecule has 80 valence electrons. The first kappa shape index (κ1) is 10.9. The largest absolute Gasteiger partial charge is 0.296 e. The highest BCUT2D eigenvalue weighted by Crippen LogP contribution is 2.21. The Bertz CT molecular complexity index is 525. The molecule has 3 nitrogen and oxygen atoms in total. The number of carbonyl (C=O) groups is 1. The summed E-state index contributed by atoms with van der Waals surface area (Å²) in [5.74, 6) is -0.0609. The third kappa shape index (κ3) is 2.30. The molecule has 2 rings (SSSR count). The topological polar surface area (TPSA) is 42.9 Å². The first-order chi connectivity index (χ1) is 7.69. The van der Waals surface area contributed by atoms with Crippen LogP contribution in [0.3, 0.4) is 0 Å². The molecule has 1 heterocycles. The van der Waals surface area contributed by atoms with Gasteiger partial charge in [0.15, 0.2) is 12.1 Å². The van der Waals surface area contributed by atoms with Gasteiger partial charge in [-0.25, -0.2) is 14.4 Å². The van der Waals surface area contributed by atoms with E-state index < -0.39 is 0 Å². The molecule has 0 aliphatic heterocycles. The SMILES string of the molecule is O=Cc1ccnc(-c2cc(F)cc(Br)c2)n1. The van der Waals surface area contributed by atoms with Crippen molar-refractivity contribution in [2.75, 3.05) is 0 Å². The molecule has 0 N–H and O–H groups in total. The van der Waals surface area contributed by atoms with Crippen LogP contribution in [0.15, 0.2) is 34.9 Å².